The molecule has 0 fully saturated rings. The van der Waals surface area contributed by atoms with E-state index in [0.29, 0.717) is 0 Å². The zero-order valence-electron chi connectivity index (χ0n) is 7.81. The third kappa shape index (κ3) is 3.42. The molecule has 0 bridgehead atoms. The van der Waals surface area contributed by atoms with E-state index in [1.807, 2.05) is 18.2 Å². The maximum atomic E-state index is 5.65. The van der Waals surface area contributed by atoms with Gasteiger partial charge in [0.15, 0.2) is 0 Å². The Morgan fingerprint density at radius 1 is 1.46 bits per heavy atom. The van der Waals surface area contributed by atoms with Crippen molar-refractivity contribution in [1.29, 1.82) is 0 Å². The predicted molar refractivity (Wildman–Crippen MR) is 67.0 cm³/mol. The summed E-state index contributed by atoms with van der Waals surface area (Å²) >= 11 is 2.30. The molecule has 1 aromatic rings. The largest absolute Gasteiger partial charge is 0.399 e. The molecule has 1 aromatic carbocycles. The first-order valence-corrected chi connectivity index (χ1v) is 5.61. The van der Waals surface area contributed by atoms with E-state index in [4.69, 9.17) is 5.73 Å². The molecule has 3 N–H and O–H groups in total. The van der Waals surface area contributed by atoms with Crippen LogP contribution in [-0.4, -0.2) is 6.54 Å². The summed E-state index contributed by atoms with van der Waals surface area (Å²) < 4.78 is 1.19. The maximum Gasteiger partial charge on any atom is 0.0477 e. The Hall–Kier alpha value is -0.450. The van der Waals surface area contributed by atoms with Crippen molar-refractivity contribution in [3.63, 3.8) is 0 Å². The lowest BCUT2D eigenvalue weighted by Gasteiger charge is -2.08. The van der Waals surface area contributed by atoms with Crippen molar-refractivity contribution in [1.82, 2.24) is 0 Å². The van der Waals surface area contributed by atoms with Gasteiger partial charge in [-0.05, 0) is 47.2 Å². The second kappa shape index (κ2) is 5.32. The van der Waals surface area contributed by atoms with Crippen molar-refractivity contribution in [2.24, 2.45) is 0 Å². The van der Waals surface area contributed by atoms with Gasteiger partial charge < -0.3 is 11.1 Å². The van der Waals surface area contributed by atoms with Crippen molar-refractivity contribution >= 4 is 34.0 Å². The standard InChI is InChI=1S/C10H15IN2/c1-2-3-6-13-10-5-4-8(12)7-9(10)11/h4-5,7,13H,2-3,6,12H2,1H3. The predicted octanol–water partition coefficient (Wildman–Crippen LogP) is 3.09. The summed E-state index contributed by atoms with van der Waals surface area (Å²) in [6.07, 6.45) is 2.43. The first kappa shape index (κ1) is 10.6. The lowest BCUT2D eigenvalue weighted by Crippen LogP contribution is -2.02. The Balaban J connectivity index is 2.56. The highest BCUT2D eigenvalue weighted by molar-refractivity contribution is 14.1. The first-order chi connectivity index (χ1) is 6.24. The normalized spacial score (nSPS) is 10.0. The second-order valence-corrected chi connectivity index (χ2v) is 4.18. The molecule has 0 aromatic heterocycles. The van der Waals surface area contributed by atoms with Crippen LogP contribution in [-0.2, 0) is 0 Å². The average molecular weight is 290 g/mol. The van der Waals surface area contributed by atoms with Crippen molar-refractivity contribution < 1.29 is 0 Å². The maximum absolute atomic E-state index is 5.65. The van der Waals surface area contributed by atoms with Gasteiger partial charge in [-0.3, -0.25) is 0 Å². The SMILES string of the molecule is CCCCNc1ccc(N)cc1I. The molecule has 0 spiro atoms. The molecule has 0 aliphatic carbocycles. The van der Waals surface area contributed by atoms with E-state index in [0.717, 1.165) is 12.2 Å². The highest BCUT2D eigenvalue weighted by Gasteiger charge is 1.97. The molecule has 0 heterocycles. The van der Waals surface area contributed by atoms with E-state index in [1.165, 1.54) is 22.1 Å². The van der Waals surface area contributed by atoms with Gasteiger partial charge in [-0.15, -0.1) is 0 Å². The van der Waals surface area contributed by atoms with Gasteiger partial charge in [-0.2, -0.15) is 0 Å². The smallest absolute Gasteiger partial charge is 0.0477 e. The summed E-state index contributed by atoms with van der Waals surface area (Å²) in [5.41, 5.74) is 7.66. The number of nitrogen functional groups attached to an aromatic ring is 1. The highest BCUT2D eigenvalue weighted by atomic mass is 127. The van der Waals surface area contributed by atoms with Crippen LogP contribution in [0.3, 0.4) is 0 Å². The van der Waals surface area contributed by atoms with E-state index in [-0.39, 0.29) is 0 Å². The van der Waals surface area contributed by atoms with Crippen LogP contribution < -0.4 is 11.1 Å². The summed E-state index contributed by atoms with van der Waals surface area (Å²) in [5, 5.41) is 3.38. The Morgan fingerprint density at radius 3 is 2.85 bits per heavy atom. The molecule has 0 saturated carbocycles. The van der Waals surface area contributed by atoms with E-state index < -0.39 is 0 Å². The monoisotopic (exact) mass is 290 g/mol. The fraction of sp³-hybridized carbons (Fsp3) is 0.400. The van der Waals surface area contributed by atoms with E-state index >= 15 is 0 Å². The number of hydrogen-bond donors (Lipinski definition) is 2. The van der Waals surface area contributed by atoms with Gasteiger partial charge in [0, 0.05) is 21.5 Å². The Bertz CT molecular complexity index is 274. The molecular formula is C10H15IN2. The highest BCUT2D eigenvalue weighted by Crippen LogP contribution is 2.20. The van der Waals surface area contributed by atoms with Crippen LogP contribution >= 0.6 is 22.6 Å². The Morgan fingerprint density at radius 2 is 2.23 bits per heavy atom. The molecule has 0 amide bonds. The summed E-state index contributed by atoms with van der Waals surface area (Å²) in [6.45, 7) is 3.23. The van der Waals surface area contributed by atoms with Gasteiger partial charge in [-0.1, -0.05) is 13.3 Å². The number of hydrogen-bond acceptors (Lipinski definition) is 2. The molecule has 0 unspecified atom stereocenters. The summed E-state index contributed by atoms with van der Waals surface area (Å²) in [5.74, 6) is 0. The lowest BCUT2D eigenvalue weighted by atomic mass is 10.2. The fourth-order valence-electron chi connectivity index (χ4n) is 1.07. The Kier molecular flexibility index (Phi) is 4.35. The number of unbranched alkanes of at least 4 members (excludes halogenated alkanes) is 1. The van der Waals surface area contributed by atoms with Gasteiger partial charge in [-0.25, -0.2) is 0 Å². The molecular weight excluding hydrogens is 275 g/mol. The van der Waals surface area contributed by atoms with Crippen LogP contribution in [0, 0.1) is 3.57 Å². The molecule has 72 valence electrons. The molecule has 0 saturated heterocycles. The van der Waals surface area contributed by atoms with Crippen LogP contribution in [0.1, 0.15) is 19.8 Å². The van der Waals surface area contributed by atoms with E-state index in [1.54, 1.807) is 0 Å². The fourth-order valence-corrected chi connectivity index (χ4v) is 1.80. The van der Waals surface area contributed by atoms with E-state index in [2.05, 4.69) is 34.8 Å². The van der Waals surface area contributed by atoms with Crippen LogP contribution in [0.15, 0.2) is 18.2 Å². The summed E-state index contributed by atoms with van der Waals surface area (Å²) in [6, 6.07) is 5.94. The minimum absolute atomic E-state index is 0.824. The summed E-state index contributed by atoms with van der Waals surface area (Å²) in [7, 11) is 0. The first-order valence-electron chi connectivity index (χ1n) is 4.53. The second-order valence-electron chi connectivity index (χ2n) is 3.02. The number of nitrogens with two attached hydrogens (primary N) is 1. The van der Waals surface area contributed by atoms with Crippen molar-refractivity contribution in [3.05, 3.63) is 21.8 Å². The van der Waals surface area contributed by atoms with Gasteiger partial charge >= 0.3 is 0 Å². The van der Waals surface area contributed by atoms with Gasteiger partial charge in [0.05, 0.1) is 0 Å². The minimum atomic E-state index is 0.824. The topological polar surface area (TPSA) is 38.0 Å². The molecule has 0 atom stereocenters. The van der Waals surface area contributed by atoms with Crippen LogP contribution in [0.2, 0.25) is 0 Å². The van der Waals surface area contributed by atoms with Crippen molar-refractivity contribution in [2.45, 2.75) is 19.8 Å². The van der Waals surface area contributed by atoms with Crippen LogP contribution in [0.5, 0.6) is 0 Å². The van der Waals surface area contributed by atoms with Gasteiger partial charge in [0.1, 0.15) is 0 Å². The van der Waals surface area contributed by atoms with Gasteiger partial charge in [0.25, 0.3) is 0 Å². The number of benzene rings is 1. The number of rotatable bonds is 4. The van der Waals surface area contributed by atoms with E-state index in [9.17, 15) is 0 Å². The van der Waals surface area contributed by atoms with Crippen molar-refractivity contribution in [3.8, 4) is 0 Å². The quantitative estimate of drug-likeness (QED) is 0.508. The molecule has 0 aliphatic heterocycles. The molecule has 13 heavy (non-hydrogen) atoms. The minimum Gasteiger partial charge on any atom is -0.399 e. The molecule has 1 rings (SSSR count). The third-order valence-corrected chi connectivity index (χ3v) is 2.73. The molecule has 0 aliphatic rings. The lowest BCUT2D eigenvalue weighted by molar-refractivity contribution is 0.834. The average Bonchev–Trinajstić information content (AvgIpc) is 2.09. The third-order valence-electron chi connectivity index (χ3n) is 1.84. The zero-order chi connectivity index (χ0) is 9.68. The molecule has 2 nitrogen and oxygen atoms in total. The molecule has 3 heteroatoms. The summed E-state index contributed by atoms with van der Waals surface area (Å²) in [4.78, 5) is 0. The number of anilines is 2. The number of halogens is 1. The molecule has 0 radical (unpaired) electrons. The van der Waals surface area contributed by atoms with Gasteiger partial charge in [0.2, 0.25) is 0 Å². The number of nitrogens with one attached hydrogen (secondary N) is 1. The zero-order valence-corrected chi connectivity index (χ0v) is 9.97. The van der Waals surface area contributed by atoms with Crippen LogP contribution in [0.25, 0.3) is 0 Å². The van der Waals surface area contributed by atoms with Crippen molar-refractivity contribution in [2.75, 3.05) is 17.6 Å². The van der Waals surface area contributed by atoms with Crippen LogP contribution in [0.4, 0.5) is 11.4 Å². The Labute approximate surface area is 93.0 Å².